The third-order valence-electron chi connectivity index (χ3n) is 5.79. The Kier molecular flexibility index (Phi) is 6.42. The first kappa shape index (κ1) is 22.9. The fourth-order valence-electron chi connectivity index (χ4n) is 4.29. The summed E-state index contributed by atoms with van der Waals surface area (Å²) in [6, 6.07) is 17.8. The highest BCUT2D eigenvalue weighted by molar-refractivity contribution is 7.92. The molecule has 33 heavy (non-hydrogen) atoms. The Labute approximate surface area is 195 Å². The molecule has 1 amide bonds. The van der Waals surface area contributed by atoms with Crippen LogP contribution in [0.15, 0.2) is 65.6 Å². The molecule has 0 spiro atoms. The van der Waals surface area contributed by atoms with Crippen molar-refractivity contribution in [3.8, 4) is 5.75 Å². The quantitative estimate of drug-likeness (QED) is 0.570. The van der Waals surface area contributed by atoms with Crippen LogP contribution in [0.5, 0.6) is 5.75 Å². The number of amides is 1. The van der Waals surface area contributed by atoms with Crippen LogP contribution in [0.2, 0.25) is 0 Å². The van der Waals surface area contributed by atoms with Gasteiger partial charge in [0, 0.05) is 12.2 Å². The molecule has 0 fully saturated rings. The Hall–Kier alpha value is -3.32. The first-order chi connectivity index (χ1) is 15.8. The number of ether oxygens (including phenoxy) is 1. The molecule has 0 aliphatic carbocycles. The van der Waals surface area contributed by atoms with Crippen molar-refractivity contribution in [3.05, 3.63) is 82.9 Å². The molecule has 3 aromatic carbocycles. The summed E-state index contributed by atoms with van der Waals surface area (Å²) in [6.07, 6.45) is 1.66. The van der Waals surface area contributed by atoms with Crippen LogP contribution in [0.25, 0.3) is 0 Å². The molecule has 172 valence electrons. The van der Waals surface area contributed by atoms with Crippen LogP contribution in [0.4, 0.5) is 11.4 Å². The number of fused-ring (bicyclic) bond motifs is 1. The molecule has 0 saturated carbocycles. The summed E-state index contributed by atoms with van der Waals surface area (Å²) in [6.45, 7) is 6.21. The van der Waals surface area contributed by atoms with Gasteiger partial charge >= 0.3 is 0 Å². The summed E-state index contributed by atoms with van der Waals surface area (Å²) in [7, 11) is -3.68. The van der Waals surface area contributed by atoms with E-state index in [9.17, 15) is 13.2 Å². The van der Waals surface area contributed by atoms with Crippen LogP contribution in [0, 0.1) is 20.8 Å². The molecule has 7 heteroatoms. The van der Waals surface area contributed by atoms with Gasteiger partial charge in [-0.3, -0.25) is 9.10 Å². The van der Waals surface area contributed by atoms with E-state index in [2.05, 4.69) is 5.32 Å². The number of nitrogens with one attached hydrogen (secondary N) is 1. The van der Waals surface area contributed by atoms with Crippen molar-refractivity contribution in [2.24, 2.45) is 0 Å². The summed E-state index contributed by atoms with van der Waals surface area (Å²) in [5.74, 6) is 0.159. The minimum atomic E-state index is -3.68. The second kappa shape index (κ2) is 9.27. The van der Waals surface area contributed by atoms with Gasteiger partial charge in [-0.1, -0.05) is 35.9 Å². The molecule has 6 nitrogen and oxygen atoms in total. The molecule has 0 atom stereocenters. The Balaban J connectivity index is 1.42. The fourth-order valence-corrected chi connectivity index (χ4v) is 5.83. The average Bonchev–Trinajstić information content (AvgIpc) is 2.80. The maximum absolute atomic E-state index is 13.2. The largest absolute Gasteiger partial charge is 0.484 e. The van der Waals surface area contributed by atoms with Crippen molar-refractivity contribution in [1.29, 1.82) is 0 Å². The predicted octanol–water partition coefficient (Wildman–Crippen LogP) is 4.77. The molecule has 0 radical (unpaired) electrons. The number of para-hydroxylation sites is 1. The highest BCUT2D eigenvalue weighted by Gasteiger charge is 2.28. The highest BCUT2D eigenvalue weighted by Crippen LogP contribution is 2.32. The lowest BCUT2D eigenvalue weighted by atomic mass is 10.0. The first-order valence-electron chi connectivity index (χ1n) is 11.0. The molecule has 0 unspecified atom stereocenters. The van der Waals surface area contributed by atoms with Gasteiger partial charge in [0.2, 0.25) is 0 Å². The lowest BCUT2D eigenvalue weighted by Gasteiger charge is -2.30. The van der Waals surface area contributed by atoms with E-state index in [1.165, 1.54) is 16.4 Å². The lowest BCUT2D eigenvalue weighted by molar-refractivity contribution is -0.118. The van der Waals surface area contributed by atoms with Crippen LogP contribution >= 0.6 is 0 Å². The number of hydrogen-bond donors (Lipinski definition) is 1. The molecule has 1 heterocycles. The van der Waals surface area contributed by atoms with Gasteiger partial charge in [0.25, 0.3) is 15.9 Å². The number of anilines is 2. The van der Waals surface area contributed by atoms with Gasteiger partial charge in [-0.15, -0.1) is 0 Å². The number of carbonyl (C=O) groups excluding carboxylic acids is 1. The maximum Gasteiger partial charge on any atom is 0.264 e. The summed E-state index contributed by atoms with van der Waals surface area (Å²) >= 11 is 0. The molecule has 1 aliphatic rings. The SMILES string of the molecule is Cc1cc(C)c(NC(=O)COc2ccc(S(=O)(=O)N3CCCc4ccccc43)cc2)c(C)c1. The lowest BCUT2D eigenvalue weighted by Crippen LogP contribution is -2.35. The molecule has 4 rings (SSSR count). The van der Waals surface area contributed by atoms with E-state index >= 15 is 0 Å². The molecule has 1 N–H and O–H groups in total. The maximum atomic E-state index is 13.2. The van der Waals surface area contributed by atoms with Crippen LogP contribution in [0.1, 0.15) is 28.7 Å². The minimum Gasteiger partial charge on any atom is -0.484 e. The molecular weight excluding hydrogens is 436 g/mol. The monoisotopic (exact) mass is 464 g/mol. The summed E-state index contributed by atoms with van der Waals surface area (Å²) < 4.78 is 33.5. The third kappa shape index (κ3) is 4.88. The van der Waals surface area contributed by atoms with E-state index in [1.807, 2.05) is 57.2 Å². The van der Waals surface area contributed by atoms with Gasteiger partial charge in [0.05, 0.1) is 10.6 Å². The minimum absolute atomic E-state index is 0.168. The van der Waals surface area contributed by atoms with E-state index in [4.69, 9.17) is 4.74 Å². The van der Waals surface area contributed by atoms with E-state index in [-0.39, 0.29) is 17.4 Å². The van der Waals surface area contributed by atoms with Crippen LogP contribution in [-0.2, 0) is 21.2 Å². The van der Waals surface area contributed by atoms with E-state index in [1.54, 1.807) is 12.1 Å². The van der Waals surface area contributed by atoms with Crippen molar-refractivity contribution in [2.45, 2.75) is 38.5 Å². The topological polar surface area (TPSA) is 75.7 Å². The van der Waals surface area contributed by atoms with Crippen molar-refractivity contribution in [1.82, 2.24) is 0 Å². The Bertz CT molecular complexity index is 1260. The van der Waals surface area contributed by atoms with E-state index in [0.717, 1.165) is 46.5 Å². The normalized spacial score (nSPS) is 13.4. The molecule has 0 bridgehead atoms. The van der Waals surface area contributed by atoms with Gasteiger partial charge in [-0.2, -0.15) is 0 Å². The van der Waals surface area contributed by atoms with Gasteiger partial charge in [0.15, 0.2) is 6.61 Å². The Morgan fingerprint density at radius 1 is 1.00 bits per heavy atom. The Morgan fingerprint density at radius 2 is 1.67 bits per heavy atom. The third-order valence-corrected chi connectivity index (χ3v) is 7.62. The van der Waals surface area contributed by atoms with Gasteiger partial charge in [-0.05, 0) is 80.6 Å². The zero-order chi connectivity index (χ0) is 23.6. The van der Waals surface area contributed by atoms with Crippen LogP contribution in [-0.4, -0.2) is 27.5 Å². The highest BCUT2D eigenvalue weighted by atomic mass is 32.2. The summed E-state index contributed by atoms with van der Waals surface area (Å²) in [5.41, 5.74) is 5.70. The second-order valence-corrected chi connectivity index (χ2v) is 10.3. The van der Waals surface area contributed by atoms with E-state index in [0.29, 0.717) is 12.3 Å². The second-order valence-electron chi connectivity index (χ2n) is 8.39. The van der Waals surface area contributed by atoms with Gasteiger partial charge in [0.1, 0.15) is 5.75 Å². The zero-order valence-electron chi connectivity index (χ0n) is 19.1. The standard InChI is InChI=1S/C26H28N2O4S/c1-18-15-19(2)26(20(3)16-18)27-25(29)17-32-22-10-12-23(13-11-22)33(30,31)28-14-6-8-21-7-4-5-9-24(21)28/h4-5,7,9-13,15-16H,6,8,14,17H2,1-3H3,(H,27,29). The number of carbonyl (C=O) groups is 1. The van der Waals surface area contributed by atoms with Gasteiger partial charge < -0.3 is 10.1 Å². The number of rotatable bonds is 6. The summed E-state index contributed by atoms with van der Waals surface area (Å²) in [4.78, 5) is 12.6. The smallest absolute Gasteiger partial charge is 0.264 e. The molecule has 0 aromatic heterocycles. The number of benzene rings is 3. The predicted molar refractivity (Wildman–Crippen MR) is 131 cm³/mol. The van der Waals surface area contributed by atoms with Crippen molar-refractivity contribution in [3.63, 3.8) is 0 Å². The molecule has 0 saturated heterocycles. The zero-order valence-corrected chi connectivity index (χ0v) is 19.9. The molecule has 1 aliphatic heterocycles. The molecule has 3 aromatic rings. The van der Waals surface area contributed by atoms with Crippen LogP contribution in [0.3, 0.4) is 0 Å². The van der Waals surface area contributed by atoms with Crippen molar-refractivity contribution < 1.29 is 17.9 Å². The Morgan fingerprint density at radius 3 is 2.36 bits per heavy atom. The average molecular weight is 465 g/mol. The fraction of sp³-hybridized carbons (Fsp3) is 0.269. The van der Waals surface area contributed by atoms with Crippen LogP contribution < -0.4 is 14.4 Å². The number of hydrogen-bond acceptors (Lipinski definition) is 4. The van der Waals surface area contributed by atoms with Crippen molar-refractivity contribution in [2.75, 3.05) is 22.8 Å². The van der Waals surface area contributed by atoms with E-state index < -0.39 is 10.0 Å². The van der Waals surface area contributed by atoms with Crippen molar-refractivity contribution >= 4 is 27.3 Å². The number of aryl methyl sites for hydroxylation is 4. The first-order valence-corrected chi connectivity index (χ1v) is 12.4. The number of sulfonamides is 1. The van der Waals surface area contributed by atoms with Gasteiger partial charge in [-0.25, -0.2) is 8.42 Å². The molecular formula is C26H28N2O4S. The number of nitrogens with zero attached hydrogens (tertiary/aromatic N) is 1. The summed E-state index contributed by atoms with van der Waals surface area (Å²) in [5, 5.41) is 2.90.